The van der Waals surface area contributed by atoms with Crippen LogP contribution in [0.4, 0.5) is 0 Å². The van der Waals surface area contributed by atoms with E-state index in [0.29, 0.717) is 5.41 Å². The number of nitrogens with zero attached hydrogens (tertiary/aromatic N) is 1. The molecule has 0 aliphatic carbocycles. The van der Waals surface area contributed by atoms with Crippen LogP contribution >= 0.6 is 0 Å². The number of hydrogen-bond acceptors (Lipinski definition) is 1. The average molecular weight is 310 g/mol. The van der Waals surface area contributed by atoms with Crippen molar-refractivity contribution in [3.05, 3.63) is 0 Å². The minimum Gasteiger partial charge on any atom is -0.303 e. The second-order valence-corrected chi connectivity index (χ2v) is 8.68. The van der Waals surface area contributed by atoms with Crippen molar-refractivity contribution >= 4 is 0 Å². The first kappa shape index (κ1) is 20.0. The van der Waals surface area contributed by atoms with Crippen molar-refractivity contribution in [2.45, 2.75) is 105 Å². The Hall–Kier alpha value is -0.0400. The fourth-order valence-electron chi connectivity index (χ4n) is 4.06. The van der Waals surface area contributed by atoms with E-state index in [1.807, 2.05) is 0 Å². The Morgan fingerprint density at radius 1 is 0.909 bits per heavy atom. The molecule has 132 valence electrons. The Morgan fingerprint density at radius 3 is 2.18 bits per heavy atom. The molecular formula is C21H43N. The fraction of sp³-hybridized carbons (Fsp3) is 1.00. The molecule has 1 atom stereocenters. The highest BCUT2D eigenvalue weighted by Gasteiger charge is 2.22. The van der Waals surface area contributed by atoms with Gasteiger partial charge in [0.1, 0.15) is 0 Å². The van der Waals surface area contributed by atoms with Gasteiger partial charge in [0.05, 0.1) is 0 Å². The summed E-state index contributed by atoms with van der Waals surface area (Å²) in [6, 6.07) is 0. The monoisotopic (exact) mass is 309 g/mol. The van der Waals surface area contributed by atoms with Gasteiger partial charge in [-0.25, -0.2) is 0 Å². The van der Waals surface area contributed by atoms with Crippen molar-refractivity contribution in [1.82, 2.24) is 4.90 Å². The van der Waals surface area contributed by atoms with Crippen molar-refractivity contribution in [2.24, 2.45) is 11.3 Å². The van der Waals surface area contributed by atoms with Crippen molar-refractivity contribution < 1.29 is 0 Å². The average Bonchev–Trinajstić information content (AvgIpc) is 2.73. The third-order valence-electron chi connectivity index (χ3n) is 5.51. The lowest BCUT2D eigenvalue weighted by atomic mass is 9.79. The summed E-state index contributed by atoms with van der Waals surface area (Å²) in [5, 5.41) is 0. The summed E-state index contributed by atoms with van der Waals surface area (Å²) in [5.74, 6) is 0.903. The number of unbranched alkanes of at least 4 members (excludes halogenated alkanes) is 4. The third kappa shape index (κ3) is 9.87. The van der Waals surface area contributed by atoms with Gasteiger partial charge in [-0.15, -0.1) is 0 Å². The predicted octanol–water partition coefficient (Wildman–Crippen LogP) is 6.67. The highest BCUT2D eigenvalue weighted by Crippen LogP contribution is 2.32. The van der Waals surface area contributed by atoms with E-state index in [-0.39, 0.29) is 0 Å². The molecule has 1 rings (SSSR count). The smallest absolute Gasteiger partial charge is 0.00136 e. The van der Waals surface area contributed by atoms with E-state index in [1.54, 1.807) is 0 Å². The molecule has 1 nitrogen and oxygen atoms in total. The number of hydrogen-bond donors (Lipinski definition) is 0. The van der Waals surface area contributed by atoms with Gasteiger partial charge in [0.15, 0.2) is 0 Å². The van der Waals surface area contributed by atoms with Gasteiger partial charge < -0.3 is 4.90 Å². The molecule has 1 fully saturated rings. The van der Waals surface area contributed by atoms with Crippen molar-refractivity contribution in [2.75, 3.05) is 19.6 Å². The van der Waals surface area contributed by atoms with E-state index in [2.05, 4.69) is 32.6 Å². The first-order chi connectivity index (χ1) is 10.5. The van der Waals surface area contributed by atoms with Crippen LogP contribution in [0.25, 0.3) is 0 Å². The SMILES string of the molecule is CCCCCCCC(C)CC(C)(C)CCN1CCCCCC1. The summed E-state index contributed by atoms with van der Waals surface area (Å²) in [6.45, 7) is 13.8. The molecule has 1 aliphatic heterocycles. The van der Waals surface area contributed by atoms with Crippen LogP contribution < -0.4 is 0 Å². The maximum Gasteiger partial charge on any atom is -0.00136 e. The van der Waals surface area contributed by atoms with Gasteiger partial charge in [-0.3, -0.25) is 0 Å². The maximum atomic E-state index is 2.73. The lowest BCUT2D eigenvalue weighted by Gasteiger charge is -2.31. The molecule has 0 N–H and O–H groups in total. The van der Waals surface area contributed by atoms with Gasteiger partial charge in [-0.05, 0) is 56.7 Å². The molecule has 22 heavy (non-hydrogen) atoms. The highest BCUT2D eigenvalue weighted by molar-refractivity contribution is 4.75. The van der Waals surface area contributed by atoms with Crippen molar-refractivity contribution in [3.63, 3.8) is 0 Å². The summed E-state index contributed by atoms with van der Waals surface area (Å²) in [4.78, 5) is 2.73. The molecule has 0 aromatic carbocycles. The molecular weight excluding hydrogens is 266 g/mol. The molecule has 0 amide bonds. The van der Waals surface area contributed by atoms with Crippen molar-refractivity contribution in [3.8, 4) is 0 Å². The van der Waals surface area contributed by atoms with Crippen LogP contribution in [-0.2, 0) is 0 Å². The van der Waals surface area contributed by atoms with E-state index in [1.165, 1.54) is 96.7 Å². The van der Waals surface area contributed by atoms with E-state index in [0.717, 1.165) is 5.92 Å². The van der Waals surface area contributed by atoms with E-state index >= 15 is 0 Å². The lowest BCUT2D eigenvalue weighted by molar-refractivity contribution is 0.191. The third-order valence-corrected chi connectivity index (χ3v) is 5.51. The van der Waals surface area contributed by atoms with Crippen LogP contribution in [0, 0.1) is 11.3 Å². The molecule has 0 aromatic rings. The number of rotatable bonds is 11. The zero-order valence-electron chi connectivity index (χ0n) is 16.1. The largest absolute Gasteiger partial charge is 0.303 e. The zero-order chi connectivity index (χ0) is 16.3. The summed E-state index contributed by atoms with van der Waals surface area (Å²) < 4.78 is 0. The Morgan fingerprint density at radius 2 is 1.55 bits per heavy atom. The van der Waals surface area contributed by atoms with Gasteiger partial charge in [0, 0.05) is 0 Å². The van der Waals surface area contributed by atoms with Crippen LogP contribution in [0.1, 0.15) is 105 Å². The van der Waals surface area contributed by atoms with Crippen LogP contribution in [0.3, 0.4) is 0 Å². The topological polar surface area (TPSA) is 3.24 Å². The van der Waals surface area contributed by atoms with E-state index in [4.69, 9.17) is 0 Å². The summed E-state index contributed by atoms with van der Waals surface area (Å²) in [5.41, 5.74) is 0.523. The predicted molar refractivity (Wildman–Crippen MR) is 100 cm³/mol. The van der Waals surface area contributed by atoms with Gasteiger partial charge in [-0.2, -0.15) is 0 Å². The maximum absolute atomic E-state index is 2.73. The Balaban J connectivity index is 2.15. The Bertz CT molecular complexity index is 251. The van der Waals surface area contributed by atoms with E-state index in [9.17, 15) is 0 Å². The zero-order valence-corrected chi connectivity index (χ0v) is 16.1. The van der Waals surface area contributed by atoms with Crippen LogP contribution in [0.15, 0.2) is 0 Å². The molecule has 0 bridgehead atoms. The molecule has 1 saturated heterocycles. The first-order valence-electron chi connectivity index (χ1n) is 10.3. The van der Waals surface area contributed by atoms with Crippen LogP contribution in [-0.4, -0.2) is 24.5 Å². The minimum atomic E-state index is 0.523. The summed E-state index contributed by atoms with van der Waals surface area (Å²) in [7, 11) is 0. The molecule has 1 heteroatoms. The quantitative estimate of drug-likeness (QED) is 0.385. The van der Waals surface area contributed by atoms with Crippen molar-refractivity contribution in [1.29, 1.82) is 0 Å². The highest BCUT2D eigenvalue weighted by atomic mass is 15.1. The minimum absolute atomic E-state index is 0.523. The summed E-state index contributed by atoms with van der Waals surface area (Å²) in [6.07, 6.45) is 17.1. The second kappa shape index (κ2) is 11.5. The molecule has 1 aliphatic rings. The fourth-order valence-corrected chi connectivity index (χ4v) is 4.06. The van der Waals surface area contributed by atoms with Gasteiger partial charge in [-0.1, -0.05) is 79.1 Å². The normalized spacial score (nSPS) is 19.1. The Kier molecular flexibility index (Phi) is 10.4. The molecule has 0 aromatic heterocycles. The molecule has 0 saturated carbocycles. The number of likely N-dealkylation sites (tertiary alicyclic amines) is 1. The van der Waals surface area contributed by atoms with Crippen LogP contribution in [0.2, 0.25) is 0 Å². The van der Waals surface area contributed by atoms with Gasteiger partial charge in [0.2, 0.25) is 0 Å². The summed E-state index contributed by atoms with van der Waals surface area (Å²) >= 11 is 0. The second-order valence-electron chi connectivity index (χ2n) is 8.68. The van der Waals surface area contributed by atoms with Gasteiger partial charge >= 0.3 is 0 Å². The van der Waals surface area contributed by atoms with Crippen LogP contribution in [0.5, 0.6) is 0 Å². The molecule has 0 spiro atoms. The van der Waals surface area contributed by atoms with Gasteiger partial charge in [0.25, 0.3) is 0 Å². The van der Waals surface area contributed by atoms with E-state index < -0.39 is 0 Å². The lowest BCUT2D eigenvalue weighted by Crippen LogP contribution is -2.30. The Labute approximate surface area is 141 Å². The standard InChI is InChI=1S/C21H43N/c1-5-6-7-8-11-14-20(2)19-21(3,4)15-18-22-16-12-9-10-13-17-22/h20H,5-19H2,1-4H3. The molecule has 1 unspecified atom stereocenters. The molecule has 1 heterocycles. The first-order valence-corrected chi connectivity index (χ1v) is 10.3. The molecule has 0 radical (unpaired) electrons.